The molecule has 1 atom stereocenters. The van der Waals surface area contributed by atoms with Crippen LogP contribution in [-0.4, -0.2) is 54.0 Å². The van der Waals surface area contributed by atoms with Crippen LogP contribution in [0, 0.1) is 5.92 Å². The molecule has 0 spiro atoms. The fourth-order valence-electron chi connectivity index (χ4n) is 1.35. The minimum atomic E-state index is -0.999. The van der Waals surface area contributed by atoms with E-state index in [-0.39, 0.29) is 25.3 Å². The third-order valence-electron chi connectivity index (χ3n) is 2.45. The first kappa shape index (κ1) is 17.4. The van der Waals surface area contributed by atoms with Crippen LogP contribution >= 0.6 is 0 Å². The van der Waals surface area contributed by atoms with Crippen LogP contribution in [-0.2, 0) is 14.4 Å². The second-order valence-electron chi connectivity index (χ2n) is 4.93. The summed E-state index contributed by atoms with van der Waals surface area (Å²) in [4.78, 5) is 34.9. The molecule has 0 bridgehead atoms. The number of nitrogens with two attached hydrogens (primary N) is 1. The summed E-state index contributed by atoms with van der Waals surface area (Å²) in [6, 6.07) is -0.890. The number of nitrogens with zero attached hydrogens (tertiary/aromatic N) is 1. The fraction of sp³-hybridized carbons (Fsp3) is 0.750. The van der Waals surface area contributed by atoms with E-state index < -0.39 is 17.9 Å². The van der Waals surface area contributed by atoms with Gasteiger partial charge in [-0.15, -0.1) is 0 Å². The predicted molar refractivity (Wildman–Crippen MR) is 70.3 cm³/mol. The smallest absolute Gasteiger partial charge is 0.303 e. The second kappa shape index (κ2) is 8.47. The van der Waals surface area contributed by atoms with Gasteiger partial charge < -0.3 is 21.1 Å². The van der Waals surface area contributed by atoms with Gasteiger partial charge in [-0.3, -0.25) is 14.4 Å². The molecular formula is C12H23N3O4. The molecule has 0 aromatic heterocycles. The van der Waals surface area contributed by atoms with Gasteiger partial charge in [-0.25, -0.2) is 0 Å². The molecule has 0 rings (SSSR count). The van der Waals surface area contributed by atoms with Gasteiger partial charge in [0.05, 0.1) is 12.6 Å². The maximum atomic E-state index is 11.8. The molecule has 7 heteroatoms. The van der Waals surface area contributed by atoms with E-state index in [1.54, 1.807) is 0 Å². The first-order valence-corrected chi connectivity index (χ1v) is 6.23. The lowest BCUT2D eigenvalue weighted by molar-refractivity contribution is -0.138. The molecule has 7 nitrogen and oxygen atoms in total. The van der Waals surface area contributed by atoms with E-state index >= 15 is 0 Å². The van der Waals surface area contributed by atoms with Gasteiger partial charge in [-0.1, -0.05) is 13.8 Å². The SMILES string of the molecule is CC(C)CNC(=O)CN(C)C(=O)C(N)CCC(=O)O. The molecule has 19 heavy (non-hydrogen) atoms. The van der Waals surface area contributed by atoms with E-state index in [9.17, 15) is 14.4 Å². The number of rotatable bonds is 8. The minimum absolute atomic E-state index is 0.0616. The van der Waals surface area contributed by atoms with Crippen LogP contribution in [0.25, 0.3) is 0 Å². The number of hydrogen-bond donors (Lipinski definition) is 3. The molecule has 110 valence electrons. The summed E-state index contributed by atoms with van der Waals surface area (Å²) >= 11 is 0. The summed E-state index contributed by atoms with van der Waals surface area (Å²) in [6.07, 6.45) is -0.105. The van der Waals surface area contributed by atoms with Crippen molar-refractivity contribution < 1.29 is 19.5 Å². The highest BCUT2D eigenvalue weighted by Gasteiger charge is 2.20. The molecule has 0 aliphatic carbocycles. The quantitative estimate of drug-likeness (QED) is 0.547. The van der Waals surface area contributed by atoms with Crippen molar-refractivity contribution >= 4 is 17.8 Å². The highest BCUT2D eigenvalue weighted by Crippen LogP contribution is 1.99. The molecule has 0 aliphatic rings. The Labute approximate surface area is 113 Å². The Morgan fingerprint density at radius 3 is 2.37 bits per heavy atom. The highest BCUT2D eigenvalue weighted by atomic mass is 16.4. The number of amides is 2. The zero-order chi connectivity index (χ0) is 15.0. The Bertz CT molecular complexity index is 331. The molecule has 0 radical (unpaired) electrons. The lowest BCUT2D eigenvalue weighted by atomic mass is 10.1. The third kappa shape index (κ3) is 8.15. The Kier molecular flexibility index (Phi) is 7.74. The Morgan fingerprint density at radius 2 is 1.89 bits per heavy atom. The average Bonchev–Trinajstić information content (AvgIpc) is 2.32. The number of carbonyl (C=O) groups excluding carboxylic acids is 2. The van der Waals surface area contributed by atoms with Crippen molar-refractivity contribution in [1.29, 1.82) is 0 Å². The molecule has 4 N–H and O–H groups in total. The van der Waals surface area contributed by atoms with Crippen molar-refractivity contribution in [1.82, 2.24) is 10.2 Å². The minimum Gasteiger partial charge on any atom is -0.481 e. The van der Waals surface area contributed by atoms with E-state index in [0.29, 0.717) is 12.5 Å². The predicted octanol–water partition coefficient (Wildman–Crippen LogP) is -0.591. The molecule has 2 amide bonds. The second-order valence-corrected chi connectivity index (χ2v) is 4.93. The average molecular weight is 273 g/mol. The molecule has 0 aliphatic heterocycles. The van der Waals surface area contributed by atoms with Crippen molar-refractivity contribution in [3.63, 3.8) is 0 Å². The molecule has 1 unspecified atom stereocenters. The van der Waals surface area contributed by atoms with E-state index in [0.717, 1.165) is 0 Å². The van der Waals surface area contributed by atoms with Gasteiger partial charge in [0.1, 0.15) is 0 Å². The lowest BCUT2D eigenvalue weighted by Crippen LogP contribution is -2.46. The number of aliphatic carboxylic acids is 1. The molecule has 0 saturated heterocycles. The van der Waals surface area contributed by atoms with Gasteiger partial charge >= 0.3 is 5.97 Å². The standard InChI is InChI=1S/C12H23N3O4/c1-8(2)6-14-10(16)7-15(3)12(19)9(13)4-5-11(17)18/h8-9H,4-7,13H2,1-3H3,(H,14,16)(H,17,18). The van der Waals surface area contributed by atoms with Crippen LogP contribution in [0.1, 0.15) is 26.7 Å². The van der Waals surface area contributed by atoms with Gasteiger partial charge in [-0.2, -0.15) is 0 Å². The number of hydrogen-bond acceptors (Lipinski definition) is 4. The van der Waals surface area contributed by atoms with E-state index in [4.69, 9.17) is 10.8 Å². The summed E-state index contributed by atoms with van der Waals surface area (Å²) in [5, 5.41) is 11.2. The molecule has 0 fully saturated rings. The number of carbonyl (C=O) groups is 3. The Balaban J connectivity index is 4.11. The fourth-order valence-corrected chi connectivity index (χ4v) is 1.35. The number of likely N-dealkylation sites (N-methyl/N-ethyl adjacent to an activating group) is 1. The Morgan fingerprint density at radius 1 is 1.32 bits per heavy atom. The topological polar surface area (TPSA) is 113 Å². The Hall–Kier alpha value is -1.63. The summed E-state index contributed by atoms with van der Waals surface area (Å²) < 4.78 is 0. The van der Waals surface area contributed by atoms with Crippen LogP contribution in [0.4, 0.5) is 0 Å². The van der Waals surface area contributed by atoms with Crippen molar-refractivity contribution in [3.05, 3.63) is 0 Å². The van der Waals surface area contributed by atoms with Crippen molar-refractivity contribution in [2.45, 2.75) is 32.7 Å². The van der Waals surface area contributed by atoms with Gasteiger partial charge in [-0.05, 0) is 12.3 Å². The zero-order valence-corrected chi connectivity index (χ0v) is 11.7. The van der Waals surface area contributed by atoms with E-state index in [1.165, 1.54) is 11.9 Å². The van der Waals surface area contributed by atoms with Crippen LogP contribution in [0.5, 0.6) is 0 Å². The largest absolute Gasteiger partial charge is 0.481 e. The summed E-state index contributed by atoms with van der Waals surface area (Å²) in [7, 11) is 1.47. The molecule has 0 heterocycles. The number of carboxylic acid groups (broad SMARTS) is 1. The van der Waals surface area contributed by atoms with Crippen LogP contribution in [0.3, 0.4) is 0 Å². The van der Waals surface area contributed by atoms with E-state index in [1.807, 2.05) is 13.8 Å². The van der Waals surface area contributed by atoms with Gasteiger partial charge in [0.25, 0.3) is 0 Å². The first-order chi connectivity index (χ1) is 8.73. The maximum Gasteiger partial charge on any atom is 0.303 e. The molecule has 0 saturated carbocycles. The normalized spacial score (nSPS) is 12.1. The zero-order valence-electron chi connectivity index (χ0n) is 11.7. The maximum absolute atomic E-state index is 11.8. The van der Waals surface area contributed by atoms with Gasteiger partial charge in [0.2, 0.25) is 11.8 Å². The first-order valence-electron chi connectivity index (χ1n) is 6.23. The third-order valence-corrected chi connectivity index (χ3v) is 2.45. The van der Waals surface area contributed by atoms with Gasteiger partial charge in [0, 0.05) is 20.0 Å². The molecule has 0 aromatic rings. The molecular weight excluding hydrogens is 250 g/mol. The van der Waals surface area contributed by atoms with Gasteiger partial charge in [0.15, 0.2) is 0 Å². The number of carboxylic acids is 1. The van der Waals surface area contributed by atoms with Crippen molar-refractivity contribution in [2.24, 2.45) is 11.7 Å². The lowest BCUT2D eigenvalue weighted by Gasteiger charge is -2.20. The highest BCUT2D eigenvalue weighted by molar-refractivity contribution is 5.87. The summed E-state index contributed by atoms with van der Waals surface area (Å²) in [5.74, 6) is -1.35. The van der Waals surface area contributed by atoms with Crippen LogP contribution in [0.2, 0.25) is 0 Å². The van der Waals surface area contributed by atoms with Crippen molar-refractivity contribution in [3.8, 4) is 0 Å². The number of nitrogens with one attached hydrogen (secondary N) is 1. The van der Waals surface area contributed by atoms with Crippen LogP contribution in [0.15, 0.2) is 0 Å². The summed E-state index contributed by atoms with van der Waals surface area (Å²) in [5.41, 5.74) is 5.58. The monoisotopic (exact) mass is 273 g/mol. The molecule has 0 aromatic carbocycles. The summed E-state index contributed by atoms with van der Waals surface area (Å²) in [6.45, 7) is 4.41. The van der Waals surface area contributed by atoms with E-state index in [2.05, 4.69) is 5.32 Å². The van der Waals surface area contributed by atoms with Crippen LogP contribution < -0.4 is 11.1 Å². The van der Waals surface area contributed by atoms with Crippen molar-refractivity contribution in [2.75, 3.05) is 20.1 Å².